The molecular weight excluding hydrogens is 387 g/mol. The summed E-state index contributed by atoms with van der Waals surface area (Å²) in [6, 6.07) is 2.03. The largest absolute Gasteiger partial charge is 0.308 e. The Balaban J connectivity index is 2.41. The molecule has 8 heteroatoms. The number of carbonyl (C=O) groups is 1. The number of carbonyl (C=O) groups excluding carboxylic acids is 1. The lowest BCUT2D eigenvalue weighted by Crippen LogP contribution is -2.26. The Labute approximate surface area is 125 Å². The van der Waals surface area contributed by atoms with Crippen LogP contribution in [0.3, 0.4) is 0 Å². The lowest BCUT2D eigenvalue weighted by Gasteiger charge is -2.18. The molecule has 1 fully saturated rings. The lowest BCUT2D eigenvalue weighted by atomic mass is 10.2. The Morgan fingerprint density at radius 1 is 1.53 bits per heavy atom. The molecule has 1 aromatic carbocycles. The first kappa shape index (κ1) is 14.4. The molecular formula is C11H9Br2FN2O3. The number of rotatable bonds is 3. The molecule has 19 heavy (non-hydrogen) atoms. The minimum Gasteiger partial charge on any atom is -0.308 e. The summed E-state index contributed by atoms with van der Waals surface area (Å²) in [5, 5.41) is 11.3. The molecule has 5 nitrogen and oxygen atoms in total. The number of anilines is 1. The molecule has 0 bridgehead atoms. The molecule has 1 aliphatic heterocycles. The molecule has 0 radical (unpaired) electrons. The van der Waals surface area contributed by atoms with Gasteiger partial charge in [-0.15, -0.1) is 0 Å². The van der Waals surface area contributed by atoms with Gasteiger partial charge in [-0.1, -0.05) is 15.9 Å². The summed E-state index contributed by atoms with van der Waals surface area (Å²) in [6.07, 6.45) is 0.341. The Hall–Kier alpha value is -1.02. The molecule has 0 aromatic heterocycles. The number of amides is 1. The number of non-ortho nitro benzene ring substituents is 1. The van der Waals surface area contributed by atoms with Gasteiger partial charge in [0.05, 0.1) is 21.1 Å². The first-order chi connectivity index (χ1) is 8.93. The second kappa shape index (κ2) is 5.54. The van der Waals surface area contributed by atoms with Crippen molar-refractivity contribution in [2.45, 2.75) is 6.42 Å². The van der Waals surface area contributed by atoms with E-state index in [0.29, 0.717) is 18.3 Å². The zero-order chi connectivity index (χ0) is 14.2. The molecule has 1 atom stereocenters. The van der Waals surface area contributed by atoms with Crippen molar-refractivity contribution in [1.82, 2.24) is 0 Å². The van der Waals surface area contributed by atoms with Crippen LogP contribution in [0.25, 0.3) is 0 Å². The molecule has 1 unspecified atom stereocenters. The third-order valence-corrected chi connectivity index (χ3v) is 4.43. The molecule has 1 aliphatic rings. The van der Waals surface area contributed by atoms with Gasteiger partial charge < -0.3 is 4.90 Å². The van der Waals surface area contributed by atoms with E-state index in [-0.39, 0.29) is 27.7 Å². The maximum atomic E-state index is 14.0. The van der Waals surface area contributed by atoms with Gasteiger partial charge in [0.15, 0.2) is 5.82 Å². The standard InChI is InChI=1S/C11H9Br2FN2O3/c12-4-6-1-10(17)15(5-6)11-8(13)2-7(16(18)19)3-9(11)14/h2-3,6H,1,4-5H2. The van der Waals surface area contributed by atoms with Crippen molar-refractivity contribution in [3.63, 3.8) is 0 Å². The van der Waals surface area contributed by atoms with E-state index >= 15 is 0 Å². The molecule has 1 amide bonds. The van der Waals surface area contributed by atoms with Gasteiger partial charge >= 0.3 is 0 Å². The number of alkyl halides is 1. The minimum absolute atomic E-state index is 0.0686. The third-order valence-electron chi connectivity index (χ3n) is 2.91. The second-order valence-electron chi connectivity index (χ2n) is 4.24. The van der Waals surface area contributed by atoms with E-state index in [4.69, 9.17) is 0 Å². The van der Waals surface area contributed by atoms with Crippen molar-refractivity contribution in [2.24, 2.45) is 5.92 Å². The third kappa shape index (κ3) is 2.79. The fourth-order valence-electron chi connectivity index (χ4n) is 2.02. The zero-order valence-corrected chi connectivity index (χ0v) is 12.8. The summed E-state index contributed by atoms with van der Waals surface area (Å²) >= 11 is 6.39. The molecule has 1 saturated heterocycles. The highest BCUT2D eigenvalue weighted by Gasteiger charge is 2.33. The highest BCUT2D eigenvalue weighted by molar-refractivity contribution is 9.10. The van der Waals surface area contributed by atoms with E-state index in [2.05, 4.69) is 31.9 Å². The van der Waals surface area contributed by atoms with Crippen molar-refractivity contribution < 1.29 is 14.1 Å². The van der Waals surface area contributed by atoms with Gasteiger partial charge in [0.25, 0.3) is 5.69 Å². The summed E-state index contributed by atoms with van der Waals surface area (Å²) in [6.45, 7) is 0.400. The van der Waals surface area contributed by atoms with E-state index in [9.17, 15) is 19.3 Å². The van der Waals surface area contributed by atoms with Crippen molar-refractivity contribution >= 4 is 49.1 Å². The van der Waals surface area contributed by atoms with Crippen LogP contribution in [0.15, 0.2) is 16.6 Å². The summed E-state index contributed by atoms with van der Waals surface area (Å²) in [5.41, 5.74) is -0.282. The first-order valence-electron chi connectivity index (χ1n) is 5.43. The van der Waals surface area contributed by atoms with Crippen LogP contribution in [0, 0.1) is 21.8 Å². The highest BCUT2D eigenvalue weighted by Crippen LogP contribution is 2.36. The number of halogens is 3. The minimum atomic E-state index is -0.773. The molecule has 0 aliphatic carbocycles. The van der Waals surface area contributed by atoms with Crippen LogP contribution in [0.5, 0.6) is 0 Å². The predicted molar refractivity (Wildman–Crippen MR) is 75.0 cm³/mol. The fourth-order valence-corrected chi connectivity index (χ4v) is 3.09. The Kier molecular flexibility index (Phi) is 4.19. The Morgan fingerprint density at radius 3 is 2.68 bits per heavy atom. The van der Waals surface area contributed by atoms with E-state index < -0.39 is 10.7 Å². The van der Waals surface area contributed by atoms with Crippen molar-refractivity contribution in [2.75, 3.05) is 16.8 Å². The molecule has 0 saturated carbocycles. The van der Waals surface area contributed by atoms with Crippen LogP contribution in [0.2, 0.25) is 0 Å². The van der Waals surface area contributed by atoms with Gasteiger partial charge in [-0.25, -0.2) is 4.39 Å². The van der Waals surface area contributed by atoms with Crippen molar-refractivity contribution in [3.8, 4) is 0 Å². The number of hydrogen-bond donors (Lipinski definition) is 0. The topological polar surface area (TPSA) is 63.5 Å². The van der Waals surface area contributed by atoms with E-state index in [1.54, 1.807) is 0 Å². The fraction of sp³-hybridized carbons (Fsp3) is 0.364. The summed E-state index contributed by atoms with van der Waals surface area (Å²) in [5.74, 6) is -0.837. The molecule has 0 N–H and O–H groups in total. The van der Waals surface area contributed by atoms with E-state index in [1.165, 1.54) is 11.0 Å². The van der Waals surface area contributed by atoms with Crippen LogP contribution >= 0.6 is 31.9 Å². The van der Waals surface area contributed by atoms with Gasteiger partial charge in [0.1, 0.15) is 0 Å². The maximum Gasteiger partial charge on any atom is 0.273 e. The number of nitrogens with zero attached hydrogens (tertiary/aromatic N) is 2. The van der Waals surface area contributed by atoms with Crippen LogP contribution in [-0.4, -0.2) is 22.7 Å². The van der Waals surface area contributed by atoms with Crippen molar-refractivity contribution in [3.05, 3.63) is 32.5 Å². The van der Waals surface area contributed by atoms with E-state index in [1.807, 2.05) is 0 Å². The quantitative estimate of drug-likeness (QED) is 0.448. The van der Waals surface area contributed by atoms with Crippen LogP contribution in [-0.2, 0) is 4.79 Å². The molecule has 102 valence electrons. The normalized spacial score (nSPS) is 19.0. The molecule has 0 spiro atoms. The monoisotopic (exact) mass is 394 g/mol. The first-order valence-corrected chi connectivity index (χ1v) is 7.35. The van der Waals surface area contributed by atoms with Crippen LogP contribution in [0.1, 0.15) is 6.42 Å². The number of nitro benzene ring substituents is 1. The molecule has 1 heterocycles. The highest BCUT2D eigenvalue weighted by atomic mass is 79.9. The summed E-state index contributed by atoms with van der Waals surface area (Å²) < 4.78 is 14.2. The van der Waals surface area contributed by atoms with Gasteiger partial charge in [-0.3, -0.25) is 14.9 Å². The predicted octanol–water partition coefficient (Wildman–Crippen LogP) is 3.24. The van der Waals surface area contributed by atoms with Gasteiger partial charge in [0.2, 0.25) is 5.91 Å². The van der Waals surface area contributed by atoms with Crippen LogP contribution < -0.4 is 4.90 Å². The average Bonchev–Trinajstić information content (AvgIpc) is 2.70. The zero-order valence-electron chi connectivity index (χ0n) is 9.61. The van der Waals surface area contributed by atoms with Gasteiger partial charge in [-0.2, -0.15) is 0 Å². The van der Waals surface area contributed by atoms with Gasteiger partial charge in [0, 0.05) is 24.4 Å². The average molecular weight is 396 g/mol. The SMILES string of the molecule is O=C1CC(CBr)CN1c1c(F)cc([N+](=O)[O-])cc1Br. The van der Waals surface area contributed by atoms with Gasteiger partial charge in [-0.05, 0) is 21.8 Å². The lowest BCUT2D eigenvalue weighted by molar-refractivity contribution is -0.385. The number of benzene rings is 1. The van der Waals surface area contributed by atoms with Crippen molar-refractivity contribution in [1.29, 1.82) is 0 Å². The molecule has 1 aromatic rings. The number of nitro groups is 1. The summed E-state index contributed by atoms with van der Waals surface area (Å²) in [7, 11) is 0. The van der Waals surface area contributed by atoms with E-state index in [0.717, 1.165) is 6.07 Å². The number of hydrogen-bond acceptors (Lipinski definition) is 3. The smallest absolute Gasteiger partial charge is 0.273 e. The Bertz CT molecular complexity index is 530. The maximum absolute atomic E-state index is 14.0. The summed E-state index contributed by atoms with van der Waals surface area (Å²) in [4.78, 5) is 23.1. The molecule has 2 rings (SSSR count). The van der Waals surface area contributed by atoms with Crippen LogP contribution in [0.4, 0.5) is 15.8 Å². The Morgan fingerprint density at radius 2 is 2.21 bits per heavy atom. The second-order valence-corrected chi connectivity index (χ2v) is 5.75.